The number of hydrogen-bond acceptors (Lipinski definition) is 2. The third kappa shape index (κ3) is 3.74. The fourth-order valence-electron chi connectivity index (χ4n) is 1.64. The zero-order valence-corrected chi connectivity index (χ0v) is 13.8. The van der Waals surface area contributed by atoms with Gasteiger partial charge in [-0.15, -0.1) is 0 Å². The van der Waals surface area contributed by atoms with E-state index in [-0.39, 0.29) is 20.1 Å². The van der Waals surface area contributed by atoms with Crippen LogP contribution in [0.2, 0.25) is 5.02 Å². The molecule has 0 unspecified atom stereocenters. The van der Waals surface area contributed by atoms with Crippen molar-refractivity contribution in [2.75, 3.05) is 4.72 Å². The van der Waals surface area contributed by atoms with E-state index in [9.17, 15) is 21.6 Å². The van der Waals surface area contributed by atoms with Crippen LogP contribution in [0.4, 0.5) is 18.9 Å². The van der Waals surface area contributed by atoms with Crippen molar-refractivity contribution in [1.82, 2.24) is 0 Å². The Balaban J connectivity index is 2.44. The first-order valence-corrected chi connectivity index (χ1v) is 8.41. The summed E-state index contributed by atoms with van der Waals surface area (Å²) in [5, 5.41) is -0.0295. The lowest BCUT2D eigenvalue weighted by Gasteiger charge is -2.13. The third-order valence-electron chi connectivity index (χ3n) is 2.66. The van der Waals surface area contributed by atoms with E-state index in [1.165, 1.54) is 18.2 Å². The third-order valence-corrected chi connectivity index (χ3v) is 5.22. The molecule has 0 saturated carbocycles. The van der Waals surface area contributed by atoms with Crippen molar-refractivity contribution in [2.24, 2.45) is 0 Å². The molecule has 0 aliphatic rings. The highest BCUT2D eigenvalue weighted by Crippen LogP contribution is 2.35. The lowest BCUT2D eigenvalue weighted by molar-refractivity contribution is -0.137. The molecule has 3 nitrogen and oxygen atoms in total. The lowest BCUT2D eigenvalue weighted by atomic mass is 10.2. The number of hydrogen-bond donors (Lipinski definition) is 1. The number of nitrogens with one attached hydrogen (secondary N) is 1. The van der Waals surface area contributed by atoms with Gasteiger partial charge in [0.2, 0.25) is 0 Å². The van der Waals surface area contributed by atoms with Crippen molar-refractivity contribution in [1.29, 1.82) is 0 Å². The standard InChI is InChI=1S/C13H8BrClF3NO2S/c14-9-6-5-8(13(16,17)18)7-11(9)19-22(20,21)12-4-2-1-3-10(12)15/h1-7,19H. The maximum absolute atomic E-state index is 12.7. The molecule has 0 aliphatic carbocycles. The van der Waals surface area contributed by atoms with Crippen molar-refractivity contribution in [3.05, 3.63) is 57.5 Å². The Kier molecular flexibility index (Phi) is 4.74. The van der Waals surface area contributed by atoms with E-state index in [2.05, 4.69) is 20.7 Å². The van der Waals surface area contributed by atoms with Crippen LogP contribution in [-0.2, 0) is 16.2 Å². The molecule has 0 atom stereocenters. The molecule has 0 saturated heterocycles. The van der Waals surface area contributed by atoms with Gasteiger partial charge >= 0.3 is 6.18 Å². The summed E-state index contributed by atoms with van der Waals surface area (Å²) >= 11 is 8.82. The van der Waals surface area contributed by atoms with Crippen LogP contribution < -0.4 is 4.72 Å². The van der Waals surface area contributed by atoms with E-state index >= 15 is 0 Å². The molecule has 2 aromatic rings. The largest absolute Gasteiger partial charge is 0.416 e. The number of alkyl halides is 3. The molecular weight excluding hydrogens is 407 g/mol. The second-order valence-corrected chi connectivity index (χ2v) is 7.14. The summed E-state index contributed by atoms with van der Waals surface area (Å²) in [6.07, 6.45) is -4.58. The fourth-order valence-corrected chi connectivity index (χ4v) is 3.71. The van der Waals surface area contributed by atoms with Crippen molar-refractivity contribution in [3.8, 4) is 0 Å². The number of rotatable bonds is 3. The van der Waals surface area contributed by atoms with Crippen LogP contribution in [0.1, 0.15) is 5.56 Å². The molecule has 0 aliphatic heterocycles. The first-order chi connectivity index (χ1) is 10.1. The van der Waals surface area contributed by atoms with Crippen molar-refractivity contribution in [2.45, 2.75) is 11.1 Å². The van der Waals surface area contributed by atoms with Gasteiger partial charge in [0.1, 0.15) is 4.90 Å². The van der Waals surface area contributed by atoms with Crippen LogP contribution in [0.25, 0.3) is 0 Å². The van der Waals surface area contributed by atoms with Crippen LogP contribution in [0.15, 0.2) is 51.8 Å². The Morgan fingerprint density at radius 3 is 2.32 bits per heavy atom. The van der Waals surface area contributed by atoms with E-state index < -0.39 is 21.8 Å². The highest BCUT2D eigenvalue weighted by atomic mass is 79.9. The predicted molar refractivity (Wildman–Crippen MR) is 81.4 cm³/mol. The van der Waals surface area contributed by atoms with Gasteiger partial charge in [0.05, 0.1) is 16.3 Å². The Labute approximate surface area is 138 Å². The summed E-state index contributed by atoms with van der Waals surface area (Å²) in [7, 11) is -4.11. The monoisotopic (exact) mass is 413 g/mol. The van der Waals surface area contributed by atoms with Gasteiger partial charge in [-0.3, -0.25) is 4.72 Å². The maximum Gasteiger partial charge on any atom is 0.416 e. The van der Waals surface area contributed by atoms with Gasteiger partial charge < -0.3 is 0 Å². The van der Waals surface area contributed by atoms with Gasteiger partial charge in [0, 0.05) is 4.47 Å². The summed E-state index contributed by atoms with van der Waals surface area (Å²) in [6.45, 7) is 0. The normalized spacial score (nSPS) is 12.2. The van der Waals surface area contributed by atoms with E-state index in [1.807, 2.05) is 0 Å². The second-order valence-electron chi connectivity index (χ2n) is 4.23. The first-order valence-electron chi connectivity index (χ1n) is 5.75. The minimum Gasteiger partial charge on any atom is -0.278 e. The Hall–Kier alpha value is -1.25. The summed E-state index contributed by atoms with van der Waals surface area (Å²) < 4.78 is 64.9. The molecule has 0 fully saturated rings. The van der Waals surface area contributed by atoms with Crippen LogP contribution >= 0.6 is 27.5 Å². The zero-order valence-electron chi connectivity index (χ0n) is 10.7. The summed E-state index contributed by atoms with van der Waals surface area (Å²) in [4.78, 5) is -0.221. The van der Waals surface area contributed by atoms with Gasteiger partial charge in [-0.25, -0.2) is 8.42 Å². The highest BCUT2D eigenvalue weighted by molar-refractivity contribution is 9.10. The Morgan fingerprint density at radius 1 is 1.09 bits per heavy atom. The van der Waals surface area contributed by atoms with Gasteiger partial charge in [0.15, 0.2) is 0 Å². The molecular formula is C13H8BrClF3NO2S. The van der Waals surface area contributed by atoms with Crippen molar-refractivity contribution >= 4 is 43.2 Å². The van der Waals surface area contributed by atoms with E-state index in [1.54, 1.807) is 6.07 Å². The Bertz CT molecular complexity index is 809. The smallest absolute Gasteiger partial charge is 0.278 e. The van der Waals surface area contributed by atoms with Gasteiger partial charge in [0.25, 0.3) is 10.0 Å². The predicted octanol–water partition coefficient (Wildman–Crippen LogP) is 4.92. The van der Waals surface area contributed by atoms with Gasteiger partial charge in [-0.05, 0) is 46.3 Å². The average Bonchev–Trinajstić information content (AvgIpc) is 2.40. The molecule has 22 heavy (non-hydrogen) atoms. The number of benzene rings is 2. The van der Waals surface area contributed by atoms with Crippen LogP contribution in [0, 0.1) is 0 Å². The zero-order chi connectivity index (χ0) is 16.5. The minimum absolute atomic E-state index is 0.0295. The molecule has 2 rings (SSSR count). The molecule has 1 N–H and O–H groups in total. The summed E-state index contributed by atoms with van der Waals surface area (Å²) in [5.74, 6) is 0. The van der Waals surface area contributed by atoms with Crippen LogP contribution in [0.3, 0.4) is 0 Å². The summed E-state index contributed by atoms with van der Waals surface area (Å²) in [5.41, 5.74) is -1.19. The average molecular weight is 415 g/mol. The molecule has 0 heterocycles. The first kappa shape index (κ1) is 17.1. The van der Waals surface area contributed by atoms with Gasteiger partial charge in [-0.2, -0.15) is 13.2 Å². The lowest BCUT2D eigenvalue weighted by Crippen LogP contribution is -2.15. The molecule has 118 valence electrons. The molecule has 0 amide bonds. The highest BCUT2D eigenvalue weighted by Gasteiger charge is 2.31. The van der Waals surface area contributed by atoms with E-state index in [4.69, 9.17) is 11.6 Å². The molecule has 0 radical (unpaired) electrons. The topological polar surface area (TPSA) is 46.2 Å². The van der Waals surface area contributed by atoms with Gasteiger partial charge in [-0.1, -0.05) is 23.7 Å². The maximum atomic E-state index is 12.7. The second kappa shape index (κ2) is 6.10. The molecule has 0 bridgehead atoms. The molecule has 0 aromatic heterocycles. The molecule has 0 spiro atoms. The van der Waals surface area contributed by atoms with E-state index in [0.717, 1.165) is 12.1 Å². The Morgan fingerprint density at radius 2 is 1.73 bits per heavy atom. The quantitative estimate of drug-likeness (QED) is 0.775. The van der Waals surface area contributed by atoms with Crippen molar-refractivity contribution in [3.63, 3.8) is 0 Å². The molecule has 2 aromatic carbocycles. The summed E-state index contributed by atoms with van der Waals surface area (Å²) in [6, 6.07) is 8.30. The number of sulfonamides is 1. The molecule has 9 heteroatoms. The number of halogens is 5. The van der Waals surface area contributed by atoms with Crippen LogP contribution in [0.5, 0.6) is 0 Å². The van der Waals surface area contributed by atoms with E-state index in [0.29, 0.717) is 6.07 Å². The minimum atomic E-state index is -4.58. The number of anilines is 1. The van der Waals surface area contributed by atoms with Crippen LogP contribution in [-0.4, -0.2) is 8.42 Å². The SMILES string of the molecule is O=S(=O)(Nc1cc(C(F)(F)F)ccc1Br)c1ccccc1Cl. The van der Waals surface area contributed by atoms with Crippen molar-refractivity contribution < 1.29 is 21.6 Å². The fraction of sp³-hybridized carbons (Fsp3) is 0.0769.